The van der Waals surface area contributed by atoms with Gasteiger partial charge in [-0.2, -0.15) is 0 Å². The Morgan fingerprint density at radius 1 is 1.24 bits per heavy atom. The topological polar surface area (TPSA) is 87.7 Å². The molecule has 4 amide bonds. The molecule has 1 aromatic rings. The van der Waals surface area contributed by atoms with Gasteiger partial charge in [-0.25, -0.2) is 4.79 Å². The number of benzene rings is 1. The smallest absolute Gasteiger partial charge is 0.325 e. The minimum Gasteiger partial charge on any atom is -0.487 e. The van der Waals surface area contributed by atoms with Gasteiger partial charge in [0.25, 0.3) is 5.91 Å². The molecule has 1 saturated carbocycles. The van der Waals surface area contributed by atoms with E-state index in [-0.39, 0.29) is 24.4 Å². The van der Waals surface area contributed by atoms with Gasteiger partial charge in [-0.15, -0.1) is 0 Å². The predicted octanol–water partition coefficient (Wildman–Crippen LogP) is 2.91. The molecule has 2 fully saturated rings. The number of nitrogens with one attached hydrogen (secondary N) is 2. The van der Waals surface area contributed by atoms with Crippen molar-refractivity contribution >= 4 is 17.8 Å². The molecular formula is C22H29N3O4. The number of ether oxygens (including phenoxy) is 1. The number of urea groups is 1. The normalized spacial score (nSPS) is 30.5. The van der Waals surface area contributed by atoms with Crippen molar-refractivity contribution in [3.63, 3.8) is 0 Å². The second-order valence-corrected chi connectivity index (χ2v) is 9.31. The molecule has 2 aliphatic heterocycles. The standard InChI is InChI=1S/C22H29N3O4/c1-14-8-10-22(11-9-14)19(27)25(20(28)24-22)13-18(26)23-16-12-21(2,3)29-17-7-5-4-6-15(16)17/h4-7,14,16H,8-13H2,1-3H3,(H,23,26)(H,24,28)/t14?,16-,22?/m1/s1. The zero-order valence-electron chi connectivity index (χ0n) is 17.3. The number of imide groups is 1. The third-order valence-corrected chi connectivity index (χ3v) is 6.39. The first kappa shape index (κ1) is 19.7. The highest BCUT2D eigenvalue weighted by Crippen LogP contribution is 2.39. The van der Waals surface area contributed by atoms with Crippen LogP contribution in [0.15, 0.2) is 24.3 Å². The van der Waals surface area contributed by atoms with Gasteiger partial charge in [0.05, 0.1) is 6.04 Å². The maximum atomic E-state index is 13.0. The van der Waals surface area contributed by atoms with Crippen molar-refractivity contribution in [1.82, 2.24) is 15.5 Å². The largest absolute Gasteiger partial charge is 0.487 e. The van der Waals surface area contributed by atoms with Crippen molar-refractivity contribution in [3.05, 3.63) is 29.8 Å². The van der Waals surface area contributed by atoms with E-state index in [0.29, 0.717) is 25.2 Å². The highest BCUT2D eigenvalue weighted by atomic mass is 16.5. The molecule has 7 nitrogen and oxygen atoms in total. The van der Waals surface area contributed by atoms with Crippen LogP contribution in [0.4, 0.5) is 4.79 Å². The first-order chi connectivity index (χ1) is 13.7. The minimum atomic E-state index is -0.822. The lowest BCUT2D eigenvalue weighted by Gasteiger charge is -2.38. The summed E-state index contributed by atoms with van der Waals surface area (Å²) in [5.41, 5.74) is -0.331. The highest BCUT2D eigenvalue weighted by Gasteiger charge is 2.52. The molecule has 1 atom stereocenters. The van der Waals surface area contributed by atoms with Gasteiger partial charge in [0.1, 0.15) is 23.4 Å². The van der Waals surface area contributed by atoms with Crippen molar-refractivity contribution in [3.8, 4) is 5.75 Å². The zero-order valence-corrected chi connectivity index (χ0v) is 17.3. The van der Waals surface area contributed by atoms with E-state index < -0.39 is 17.2 Å². The molecule has 0 aromatic heterocycles. The average molecular weight is 399 g/mol. The van der Waals surface area contributed by atoms with E-state index in [9.17, 15) is 14.4 Å². The molecule has 1 spiro atoms. The van der Waals surface area contributed by atoms with Crippen molar-refractivity contribution in [2.75, 3.05) is 6.54 Å². The van der Waals surface area contributed by atoms with Crippen LogP contribution in [0.25, 0.3) is 0 Å². The van der Waals surface area contributed by atoms with Gasteiger partial charge < -0.3 is 15.4 Å². The maximum Gasteiger partial charge on any atom is 0.325 e. The molecule has 1 aliphatic carbocycles. The summed E-state index contributed by atoms with van der Waals surface area (Å²) in [7, 11) is 0. The highest BCUT2D eigenvalue weighted by molar-refractivity contribution is 6.09. The first-order valence-electron chi connectivity index (χ1n) is 10.4. The van der Waals surface area contributed by atoms with Crippen molar-refractivity contribution in [2.45, 2.75) is 70.1 Å². The van der Waals surface area contributed by atoms with Crippen LogP contribution in [0.5, 0.6) is 5.75 Å². The molecule has 0 radical (unpaired) electrons. The van der Waals surface area contributed by atoms with Gasteiger partial charge in [-0.3, -0.25) is 14.5 Å². The van der Waals surface area contributed by atoms with Gasteiger partial charge in [-0.1, -0.05) is 25.1 Å². The fourth-order valence-corrected chi connectivity index (χ4v) is 4.73. The lowest BCUT2D eigenvalue weighted by Crippen LogP contribution is -2.50. The Morgan fingerprint density at radius 2 is 1.93 bits per heavy atom. The lowest BCUT2D eigenvalue weighted by molar-refractivity contribution is -0.136. The maximum absolute atomic E-state index is 13.0. The Labute approximate surface area is 171 Å². The monoisotopic (exact) mass is 399 g/mol. The molecule has 0 unspecified atom stereocenters. The summed E-state index contributed by atoms with van der Waals surface area (Å²) in [4.78, 5) is 39.3. The van der Waals surface area contributed by atoms with Crippen LogP contribution < -0.4 is 15.4 Å². The van der Waals surface area contributed by atoms with Gasteiger partial charge in [0, 0.05) is 12.0 Å². The molecule has 3 aliphatic rings. The average Bonchev–Trinajstić information content (AvgIpc) is 2.87. The van der Waals surface area contributed by atoms with E-state index in [0.717, 1.165) is 29.1 Å². The molecule has 2 heterocycles. The summed E-state index contributed by atoms with van der Waals surface area (Å²) >= 11 is 0. The minimum absolute atomic E-state index is 0.229. The molecule has 29 heavy (non-hydrogen) atoms. The number of para-hydroxylation sites is 1. The van der Waals surface area contributed by atoms with Crippen LogP contribution in [-0.4, -0.2) is 40.4 Å². The molecule has 0 bridgehead atoms. The number of amides is 4. The summed E-state index contributed by atoms with van der Waals surface area (Å²) in [6.45, 7) is 5.86. The summed E-state index contributed by atoms with van der Waals surface area (Å²) in [5.74, 6) is 0.698. The Bertz CT molecular complexity index is 842. The molecule has 7 heteroatoms. The van der Waals surface area contributed by atoms with Crippen LogP contribution in [0, 0.1) is 5.92 Å². The van der Waals surface area contributed by atoms with Gasteiger partial charge in [0.15, 0.2) is 0 Å². The van der Waals surface area contributed by atoms with Crippen LogP contribution >= 0.6 is 0 Å². The van der Waals surface area contributed by atoms with Crippen LogP contribution in [0.1, 0.15) is 64.5 Å². The second kappa shape index (κ2) is 7.04. The van der Waals surface area contributed by atoms with Crippen molar-refractivity contribution in [1.29, 1.82) is 0 Å². The van der Waals surface area contributed by atoms with Gasteiger partial charge >= 0.3 is 6.03 Å². The Balaban J connectivity index is 1.45. The van der Waals surface area contributed by atoms with Crippen molar-refractivity contribution in [2.24, 2.45) is 5.92 Å². The molecular weight excluding hydrogens is 370 g/mol. The number of carbonyl (C=O) groups excluding carboxylic acids is 3. The van der Waals surface area contributed by atoms with E-state index in [1.165, 1.54) is 0 Å². The van der Waals surface area contributed by atoms with E-state index in [1.807, 2.05) is 38.1 Å². The number of hydrogen-bond donors (Lipinski definition) is 2. The molecule has 2 N–H and O–H groups in total. The second-order valence-electron chi connectivity index (χ2n) is 9.31. The number of rotatable bonds is 3. The first-order valence-corrected chi connectivity index (χ1v) is 10.4. The SMILES string of the molecule is CC1CCC2(CC1)NC(=O)N(CC(=O)N[C@@H]1CC(C)(C)Oc3ccccc31)C2=O. The third kappa shape index (κ3) is 3.70. The molecule has 1 saturated heterocycles. The zero-order chi connectivity index (χ0) is 20.8. The summed E-state index contributed by atoms with van der Waals surface area (Å²) in [6.07, 6.45) is 3.69. The van der Waals surface area contributed by atoms with Crippen LogP contribution in [0.3, 0.4) is 0 Å². The number of hydrogen-bond acceptors (Lipinski definition) is 4. The molecule has 4 rings (SSSR count). The van der Waals surface area contributed by atoms with E-state index in [1.54, 1.807) is 0 Å². The number of carbonyl (C=O) groups is 3. The fourth-order valence-electron chi connectivity index (χ4n) is 4.73. The third-order valence-electron chi connectivity index (χ3n) is 6.39. The predicted molar refractivity (Wildman–Crippen MR) is 107 cm³/mol. The Morgan fingerprint density at radius 3 is 2.66 bits per heavy atom. The molecule has 156 valence electrons. The number of nitrogens with zero attached hydrogens (tertiary/aromatic N) is 1. The van der Waals surface area contributed by atoms with Crippen molar-refractivity contribution < 1.29 is 19.1 Å². The Hall–Kier alpha value is -2.57. The van der Waals surface area contributed by atoms with E-state index >= 15 is 0 Å². The van der Waals surface area contributed by atoms with Crippen LogP contribution in [0.2, 0.25) is 0 Å². The lowest BCUT2D eigenvalue weighted by atomic mass is 9.77. The summed E-state index contributed by atoms with van der Waals surface area (Å²) in [5, 5.41) is 5.87. The number of fused-ring (bicyclic) bond motifs is 1. The quantitative estimate of drug-likeness (QED) is 0.765. The van der Waals surface area contributed by atoms with Gasteiger partial charge in [-0.05, 0) is 51.5 Å². The van der Waals surface area contributed by atoms with E-state index in [4.69, 9.17) is 4.74 Å². The van der Waals surface area contributed by atoms with Crippen LogP contribution in [-0.2, 0) is 9.59 Å². The van der Waals surface area contributed by atoms with E-state index in [2.05, 4.69) is 17.6 Å². The summed E-state index contributed by atoms with van der Waals surface area (Å²) in [6, 6.07) is 6.93. The Kier molecular flexibility index (Phi) is 4.79. The summed E-state index contributed by atoms with van der Waals surface area (Å²) < 4.78 is 6.00. The molecule has 1 aromatic carbocycles. The fraction of sp³-hybridized carbons (Fsp3) is 0.591. The van der Waals surface area contributed by atoms with Gasteiger partial charge in [0.2, 0.25) is 5.91 Å².